The van der Waals surface area contributed by atoms with Crippen molar-refractivity contribution in [2.24, 2.45) is 0 Å². The number of hydrogen-bond acceptors (Lipinski definition) is 3. The van der Waals surface area contributed by atoms with Crippen LogP contribution in [0.2, 0.25) is 5.02 Å². The van der Waals surface area contributed by atoms with Crippen LogP contribution >= 0.6 is 11.6 Å². The monoisotopic (exact) mass is 344 g/mol. The average Bonchev–Trinajstić information content (AvgIpc) is 2.52. The summed E-state index contributed by atoms with van der Waals surface area (Å²) < 4.78 is 48.3. The van der Waals surface area contributed by atoms with E-state index in [4.69, 9.17) is 16.3 Å². The van der Waals surface area contributed by atoms with E-state index in [0.717, 1.165) is 12.1 Å². The normalized spacial score (nSPS) is 12.6. The fraction of sp³-hybridized carbons (Fsp3) is 0.188. The van der Waals surface area contributed by atoms with Crippen LogP contribution in [0.1, 0.15) is 17.2 Å². The highest BCUT2D eigenvalue weighted by atomic mass is 35.5. The Labute approximate surface area is 135 Å². The number of halogens is 4. The second kappa shape index (κ2) is 6.91. The van der Waals surface area contributed by atoms with E-state index in [1.165, 1.54) is 31.4 Å². The summed E-state index contributed by atoms with van der Waals surface area (Å²) in [5.41, 5.74) is -0.451. The smallest absolute Gasteiger partial charge is 0.416 e. The van der Waals surface area contributed by atoms with E-state index in [1.807, 2.05) is 0 Å². The molecule has 1 unspecified atom stereocenters. The third-order valence-corrected chi connectivity index (χ3v) is 3.26. The molecule has 0 spiro atoms. The van der Waals surface area contributed by atoms with E-state index in [1.54, 1.807) is 12.1 Å². The number of carbonyl (C=O) groups is 1. The van der Waals surface area contributed by atoms with E-state index in [-0.39, 0.29) is 5.75 Å². The molecule has 0 aliphatic carbocycles. The molecule has 2 aromatic rings. The van der Waals surface area contributed by atoms with Crippen LogP contribution in [0.4, 0.5) is 13.2 Å². The number of benzene rings is 2. The van der Waals surface area contributed by atoms with Crippen LogP contribution in [0, 0.1) is 0 Å². The van der Waals surface area contributed by atoms with Gasteiger partial charge in [-0.1, -0.05) is 29.8 Å². The zero-order valence-corrected chi connectivity index (χ0v) is 12.7. The molecule has 2 aromatic carbocycles. The first-order chi connectivity index (χ1) is 10.8. The van der Waals surface area contributed by atoms with Crippen molar-refractivity contribution in [3.8, 4) is 5.75 Å². The first-order valence-electron chi connectivity index (χ1n) is 6.48. The van der Waals surface area contributed by atoms with Crippen LogP contribution in [0.25, 0.3) is 0 Å². The van der Waals surface area contributed by atoms with E-state index < -0.39 is 23.8 Å². The number of rotatable bonds is 4. The predicted octanol–water partition coefficient (Wildman–Crippen LogP) is 4.65. The molecular weight excluding hydrogens is 333 g/mol. The van der Waals surface area contributed by atoms with Crippen molar-refractivity contribution in [1.29, 1.82) is 0 Å². The summed E-state index contributed by atoms with van der Waals surface area (Å²) in [4.78, 5) is 11.9. The summed E-state index contributed by atoms with van der Waals surface area (Å²) in [5, 5.41) is 0.455. The minimum absolute atomic E-state index is 0.0924. The van der Waals surface area contributed by atoms with Gasteiger partial charge in [0.1, 0.15) is 5.75 Å². The number of esters is 1. The van der Waals surface area contributed by atoms with Crippen molar-refractivity contribution in [3.63, 3.8) is 0 Å². The molecule has 0 amide bonds. The van der Waals surface area contributed by atoms with E-state index >= 15 is 0 Å². The molecule has 0 saturated carbocycles. The SMILES string of the molecule is COC(=O)C(Oc1cccc(C(F)(F)F)c1)c1ccc(Cl)cc1. The number of ether oxygens (including phenoxy) is 2. The first-order valence-corrected chi connectivity index (χ1v) is 6.86. The van der Waals surface area contributed by atoms with Crippen molar-refractivity contribution in [1.82, 2.24) is 0 Å². The number of alkyl halides is 3. The van der Waals surface area contributed by atoms with Crippen molar-refractivity contribution < 1.29 is 27.4 Å². The Morgan fingerprint density at radius 2 is 1.78 bits per heavy atom. The van der Waals surface area contributed by atoms with Gasteiger partial charge in [-0.05, 0) is 30.3 Å². The number of methoxy groups -OCH3 is 1. The zero-order valence-electron chi connectivity index (χ0n) is 11.9. The van der Waals surface area contributed by atoms with Gasteiger partial charge >= 0.3 is 12.1 Å². The summed E-state index contributed by atoms with van der Waals surface area (Å²) in [6.07, 6.45) is -5.69. The van der Waals surface area contributed by atoms with Crippen molar-refractivity contribution >= 4 is 17.6 Å². The Balaban J connectivity index is 2.32. The van der Waals surface area contributed by atoms with Crippen LogP contribution in [0.5, 0.6) is 5.75 Å². The van der Waals surface area contributed by atoms with Gasteiger partial charge in [-0.3, -0.25) is 0 Å². The Morgan fingerprint density at radius 3 is 2.35 bits per heavy atom. The minimum Gasteiger partial charge on any atom is -0.474 e. The Bertz CT molecular complexity index is 684. The van der Waals surface area contributed by atoms with Crippen molar-refractivity contribution in [2.45, 2.75) is 12.3 Å². The lowest BCUT2D eigenvalue weighted by atomic mass is 10.1. The van der Waals surface area contributed by atoms with E-state index in [2.05, 4.69) is 4.74 Å². The highest BCUT2D eigenvalue weighted by Gasteiger charge is 2.31. The lowest BCUT2D eigenvalue weighted by Crippen LogP contribution is -2.20. The molecule has 0 fully saturated rings. The summed E-state index contributed by atoms with van der Waals surface area (Å²) in [7, 11) is 1.17. The summed E-state index contributed by atoms with van der Waals surface area (Å²) in [6.45, 7) is 0. The first kappa shape index (κ1) is 17.1. The summed E-state index contributed by atoms with van der Waals surface area (Å²) in [6, 6.07) is 10.4. The quantitative estimate of drug-likeness (QED) is 0.757. The highest BCUT2D eigenvalue weighted by molar-refractivity contribution is 6.30. The van der Waals surface area contributed by atoms with E-state index in [0.29, 0.717) is 10.6 Å². The molecule has 0 heterocycles. The fourth-order valence-electron chi connectivity index (χ4n) is 1.88. The van der Waals surface area contributed by atoms with E-state index in [9.17, 15) is 18.0 Å². The maximum Gasteiger partial charge on any atom is 0.416 e. The Kier molecular flexibility index (Phi) is 5.15. The van der Waals surface area contributed by atoms with Crippen LogP contribution in [-0.4, -0.2) is 13.1 Å². The predicted molar refractivity (Wildman–Crippen MR) is 78.3 cm³/mol. The van der Waals surface area contributed by atoms with Gasteiger partial charge in [0.05, 0.1) is 12.7 Å². The van der Waals surface area contributed by atoms with Gasteiger partial charge in [0.2, 0.25) is 6.10 Å². The van der Waals surface area contributed by atoms with Crippen LogP contribution in [0.15, 0.2) is 48.5 Å². The average molecular weight is 345 g/mol. The molecule has 23 heavy (non-hydrogen) atoms. The Hall–Kier alpha value is -2.21. The fourth-order valence-corrected chi connectivity index (χ4v) is 2.00. The maximum atomic E-state index is 12.7. The second-order valence-electron chi connectivity index (χ2n) is 4.60. The van der Waals surface area contributed by atoms with Crippen molar-refractivity contribution in [3.05, 3.63) is 64.7 Å². The topological polar surface area (TPSA) is 35.5 Å². The van der Waals surface area contributed by atoms with Crippen LogP contribution in [-0.2, 0) is 15.7 Å². The highest BCUT2D eigenvalue weighted by Crippen LogP contribution is 2.33. The van der Waals surface area contributed by atoms with Crippen LogP contribution < -0.4 is 4.74 Å². The molecule has 7 heteroatoms. The third-order valence-electron chi connectivity index (χ3n) is 3.00. The zero-order chi connectivity index (χ0) is 17.0. The largest absolute Gasteiger partial charge is 0.474 e. The van der Waals surface area contributed by atoms with Gasteiger partial charge in [-0.25, -0.2) is 4.79 Å². The molecule has 0 radical (unpaired) electrons. The lowest BCUT2D eigenvalue weighted by molar-refractivity contribution is -0.149. The Morgan fingerprint density at radius 1 is 1.13 bits per heavy atom. The van der Waals surface area contributed by atoms with Gasteiger partial charge in [0, 0.05) is 10.6 Å². The van der Waals surface area contributed by atoms with Gasteiger partial charge in [0.15, 0.2) is 0 Å². The molecule has 0 bridgehead atoms. The molecule has 2 rings (SSSR count). The van der Waals surface area contributed by atoms with Crippen LogP contribution in [0.3, 0.4) is 0 Å². The van der Waals surface area contributed by atoms with Gasteiger partial charge in [0.25, 0.3) is 0 Å². The standard InChI is InChI=1S/C16H12ClF3O3/c1-22-15(21)14(10-5-7-12(17)8-6-10)23-13-4-2-3-11(9-13)16(18,19)20/h2-9,14H,1H3. The molecular formula is C16H12ClF3O3. The number of hydrogen-bond donors (Lipinski definition) is 0. The molecule has 122 valence electrons. The summed E-state index contributed by atoms with van der Waals surface area (Å²) >= 11 is 5.78. The molecule has 0 aliphatic rings. The molecule has 0 N–H and O–H groups in total. The van der Waals surface area contributed by atoms with Gasteiger partial charge < -0.3 is 9.47 Å². The summed E-state index contributed by atoms with van der Waals surface area (Å²) in [5.74, 6) is -0.824. The van der Waals surface area contributed by atoms with Crippen molar-refractivity contribution in [2.75, 3.05) is 7.11 Å². The molecule has 0 saturated heterocycles. The number of carbonyl (C=O) groups excluding carboxylic acids is 1. The molecule has 0 aromatic heterocycles. The molecule has 0 aliphatic heterocycles. The molecule has 3 nitrogen and oxygen atoms in total. The lowest BCUT2D eigenvalue weighted by Gasteiger charge is -2.18. The molecule has 1 atom stereocenters. The second-order valence-corrected chi connectivity index (χ2v) is 5.03. The van der Waals surface area contributed by atoms with Gasteiger partial charge in [-0.2, -0.15) is 13.2 Å². The maximum absolute atomic E-state index is 12.7. The minimum atomic E-state index is -4.50. The van der Waals surface area contributed by atoms with Gasteiger partial charge in [-0.15, -0.1) is 0 Å². The third kappa shape index (κ3) is 4.39.